The van der Waals surface area contributed by atoms with Crippen molar-refractivity contribution in [3.63, 3.8) is 0 Å². The molecule has 0 aliphatic carbocycles. The largest absolute Gasteiger partial charge is 0.494 e. The van der Waals surface area contributed by atoms with Gasteiger partial charge >= 0.3 is 0 Å². The Morgan fingerprint density at radius 2 is 1.92 bits per heavy atom. The molecular weight excluding hydrogens is 316 g/mol. The molecule has 2 N–H and O–H groups in total. The van der Waals surface area contributed by atoms with Gasteiger partial charge < -0.3 is 20.1 Å². The summed E-state index contributed by atoms with van der Waals surface area (Å²) in [5.41, 5.74) is 1.23. The summed E-state index contributed by atoms with van der Waals surface area (Å²) >= 11 is 0. The number of amides is 1. The average molecular weight is 346 g/mol. The Balaban J connectivity index is 1.68. The van der Waals surface area contributed by atoms with Gasteiger partial charge in [0.05, 0.1) is 6.61 Å². The number of nitrogens with one attached hydrogen (secondary N) is 2. The van der Waals surface area contributed by atoms with Crippen molar-refractivity contribution < 1.29 is 14.3 Å². The summed E-state index contributed by atoms with van der Waals surface area (Å²) in [6.07, 6.45) is 3.75. The first kappa shape index (κ1) is 18.2. The van der Waals surface area contributed by atoms with E-state index in [0.717, 1.165) is 57.7 Å². The number of hydrogen-bond acceptors (Lipinski definition) is 4. The molecule has 5 nitrogen and oxygen atoms in total. The van der Waals surface area contributed by atoms with Crippen LogP contribution in [0.2, 0.25) is 0 Å². The smallest absolute Gasteiger partial charge is 0.223 e. The van der Waals surface area contributed by atoms with Crippen LogP contribution < -0.4 is 15.4 Å². The van der Waals surface area contributed by atoms with Crippen LogP contribution in [0, 0.1) is 5.92 Å². The summed E-state index contributed by atoms with van der Waals surface area (Å²) in [4.78, 5) is 12.6. The third-order valence-electron chi connectivity index (χ3n) is 5.54. The molecule has 0 spiro atoms. The lowest BCUT2D eigenvalue weighted by Crippen LogP contribution is -2.47. The van der Waals surface area contributed by atoms with Crippen LogP contribution in [-0.4, -0.2) is 45.4 Å². The van der Waals surface area contributed by atoms with Crippen molar-refractivity contribution in [1.29, 1.82) is 0 Å². The van der Waals surface area contributed by atoms with Crippen molar-refractivity contribution in [2.75, 3.05) is 39.5 Å². The molecule has 25 heavy (non-hydrogen) atoms. The Kier molecular flexibility index (Phi) is 6.32. The Hall–Kier alpha value is -1.59. The molecule has 1 amide bonds. The predicted molar refractivity (Wildman–Crippen MR) is 97.9 cm³/mol. The summed E-state index contributed by atoms with van der Waals surface area (Å²) in [7, 11) is 0. The molecule has 5 heteroatoms. The zero-order chi connectivity index (χ0) is 17.5. The Labute approximate surface area is 150 Å². The minimum Gasteiger partial charge on any atom is -0.494 e. The average Bonchev–Trinajstić information content (AvgIpc) is 2.68. The molecule has 0 unspecified atom stereocenters. The van der Waals surface area contributed by atoms with E-state index in [0.29, 0.717) is 13.2 Å². The molecule has 138 valence electrons. The van der Waals surface area contributed by atoms with Crippen LogP contribution in [0.3, 0.4) is 0 Å². The van der Waals surface area contributed by atoms with Crippen LogP contribution >= 0.6 is 0 Å². The molecular formula is C20H30N2O3. The van der Waals surface area contributed by atoms with Gasteiger partial charge in [-0.15, -0.1) is 0 Å². The second-order valence-electron chi connectivity index (χ2n) is 7.09. The molecule has 2 heterocycles. The fraction of sp³-hybridized carbons (Fsp3) is 0.650. The van der Waals surface area contributed by atoms with Gasteiger partial charge in [0.15, 0.2) is 0 Å². The second kappa shape index (κ2) is 8.68. The first-order valence-electron chi connectivity index (χ1n) is 9.53. The van der Waals surface area contributed by atoms with Crippen molar-refractivity contribution in [1.82, 2.24) is 10.6 Å². The molecule has 0 bridgehead atoms. The normalized spacial score (nSPS) is 20.8. The Bertz CT molecular complexity index is 547. The first-order chi connectivity index (χ1) is 12.2. The van der Waals surface area contributed by atoms with E-state index in [-0.39, 0.29) is 17.2 Å². The molecule has 2 fully saturated rings. The predicted octanol–water partition coefficient (Wildman–Crippen LogP) is 2.25. The Morgan fingerprint density at radius 3 is 2.56 bits per heavy atom. The third-order valence-corrected chi connectivity index (χ3v) is 5.54. The minimum atomic E-state index is -0.0361. The fourth-order valence-electron chi connectivity index (χ4n) is 3.89. The lowest BCUT2D eigenvalue weighted by molar-refractivity contribution is -0.126. The highest BCUT2D eigenvalue weighted by Crippen LogP contribution is 2.35. The number of rotatable bonds is 6. The number of benzene rings is 1. The number of carbonyl (C=O) groups is 1. The van der Waals surface area contributed by atoms with E-state index >= 15 is 0 Å². The van der Waals surface area contributed by atoms with Crippen LogP contribution in [-0.2, 0) is 14.9 Å². The number of piperidine rings is 1. The Morgan fingerprint density at radius 1 is 1.24 bits per heavy atom. The highest BCUT2D eigenvalue weighted by atomic mass is 16.5. The quantitative estimate of drug-likeness (QED) is 0.829. The summed E-state index contributed by atoms with van der Waals surface area (Å²) in [6.45, 7) is 6.72. The van der Waals surface area contributed by atoms with E-state index < -0.39 is 0 Å². The van der Waals surface area contributed by atoms with E-state index in [4.69, 9.17) is 9.47 Å². The van der Waals surface area contributed by atoms with Gasteiger partial charge in [0, 0.05) is 31.1 Å². The fourth-order valence-corrected chi connectivity index (χ4v) is 3.89. The first-order valence-corrected chi connectivity index (χ1v) is 9.53. The van der Waals surface area contributed by atoms with Crippen LogP contribution in [0.5, 0.6) is 5.75 Å². The van der Waals surface area contributed by atoms with E-state index in [1.54, 1.807) is 0 Å². The van der Waals surface area contributed by atoms with E-state index in [9.17, 15) is 4.79 Å². The zero-order valence-electron chi connectivity index (χ0n) is 15.2. The maximum atomic E-state index is 12.6. The summed E-state index contributed by atoms with van der Waals surface area (Å²) in [6, 6.07) is 8.36. The van der Waals surface area contributed by atoms with Crippen molar-refractivity contribution >= 4 is 5.91 Å². The topological polar surface area (TPSA) is 59.6 Å². The van der Waals surface area contributed by atoms with Crippen molar-refractivity contribution in [2.24, 2.45) is 5.92 Å². The zero-order valence-corrected chi connectivity index (χ0v) is 15.2. The molecule has 0 aromatic heterocycles. The van der Waals surface area contributed by atoms with Crippen molar-refractivity contribution in [2.45, 2.75) is 38.0 Å². The number of hydrogen-bond donors (Lipinski definition) is 2. The van der Waals surface area contributed by atoms with Gasteiger partial charge in [-0.1, -0.05) is 12.1 Å². The van der Waals surface area contributed by atoms with Gasteiger partial charge in [0.1, 0.15) is 5.75 Å². The van der Waals surface area contributed by atoms with Crippen molar-refractivity contribution in [3.05, 3.63) is 29.8 Å². The van der Waals surface area contributed by atoms with Crippen LogP contribution in [0.25, 0.3) is 0 Å². The maximum Gasteiger partial charge on any atom is 0.223 e. The van der Waals surface area contributed by atoms with Crippen LogP contribution in [0.15, 0.2) is 24.3 Å². The molecule has 0 atom stereocenters. The molecule has 0 radical (unpaired) electrons. The standard InChI is InChI=1S/C20H30N2O3/c1-2-25-18-5-3-17(4-6-18)20(9-13-24-14-10-20)15-22-19(23)16-7-11-21-12-8-16/h3-6,16,21H,2,7-15H2,1H3,(H,22,23). The van der Waals surface area contributed by atoms with Gasteiger partial charge in [-0.3, -0.25) is 4.79 Å². The number of carbonyl (C=O) groups excluding carboxylic acids is 1. The summed E-state index contributed by atoms with van der Waals surface area (Å²) < 4.78 is 11.1. The van der Waals surface area contributed by atoms with Gasteiger partial charge in [-0.05, 0) is 63.4 Å². The second-order valence-corrected chi connectivity index (χ2v) is 7.09. The summed E-state index contributed by atoms with van der Waals surface area (Å²) in [5.74, 6) is 1.25. The molecule has 2 saturated heterocycles. The molecule has 0 saturated carbocycles. The van der Waals surface area contributed by atoms with E-state index in [2.05, 4.69) is 22.8 Å². The van der Waals surface area contributed by atoms with Gasteiger partial charge in [-0.2, -0.15) is 0 Å². The SMILES string of the molecule is CCOc1ccc(C2(CNC(=O)C3CCNCC3)CCOCC2)cc1. The molecule has 1 aromatic carbocycles. The van der Waals surface area contributed by atoms with Gasteiger partial charge in [0.2, 0.25) is 5.91 Å². The van der Waals surface area contributed by atoms with Crippen LogP contribution in [0.1, 0.15) is 38.2 Å². The van der Waals surface area contributed by atoms with E-state index in [1.807, 2.05) is 19.1 Å². The number of ether oxygens (including phenoxy) is 2. The van der Waals surface area contributed by atoms with Crippen LogP contribution in [0.4, 0.5) is 0 Å². The molecule has 3 rings (SSSR count). The third kappa shape index (κ3) is 4.53. The van der Waals surface area contributed by atoms with E-state index in [1.165, 1.54) is 5.56 Å². The van der Waals surface area contributed by atoms with Crippen molar-refractivity contribution in [3.8, 4) is 5.75 Å². The highest BCUT2D eigenvalue weighted by molar-refractivity contribution is 5.78. The monoisotopic (exact) mass is 346 g/mol. The lowest BCUT2D eigenvalue weighted by atomic mass is 9.74. The molecule has 2 aliphatic heterocycles. The van der Waals surface area contributed by atoms with Gasteiger partial charge in [0.25, 0.3) is 0 Å². The van der Waals surface area contributed by atoms with Gasteiger partial charge in [-0.25, -0.2) is 0 Å². The lowest BCUT2D eigenvalue weighted by Gasteiger charge is -2.38. The summed E-state index contributed by atoms with van der Waals surface area (Å²) in [5, 5.41) is 6.56. The molecule has 1 aromatic rings. The molecule has 2 aliphatic rings. The minimum absolute atomic E-state index is 0.0361. The maximum absolute atomic E-state index is 12.6. The highest BCUT2D eigenvalue weighted by Gasteiger charge is 2.35.